The van der Waals surface area contributed by atoms with Crippen molar-refractivity contribution in [3.8, 4) is 11.5 Å². The second kappa shape index (κ2) is 4.45. The summed E-state index contributed by atoms with van der Waals surface area (Å²) < 4.78 is 5.25. The first kappa shape index (κ1) is 11.4. The number of aromatic nitrogens is 2. The maximum atomic E-state index is 5.85. The first-order chi connectivity index (χ1) is 8.13. The average Bonchev–Trinajstić information content (AvgIpc) is 2.81. The molecule has 0 spiro atoms. The molecule has 0 atom stereocenters. The Morgan fingerprint density at radius 1 is 1.41 bits per heavy atom. The van der Waals surface area contributed by atoms with Gasteiger partial charge in [-0.05, 0) is 36.7 Å². The molecule has 0 bridgehead atoms. The first-order valence-electron chi connectivity index (χ1n) is 5.53. The summed E-state index contributed by atoms with van der Waals surface area (Å²) in [6, 6.07) is 5.66. The van der Waals surface area contributed by atoms with E-state index >= 15 is 0 Å². The van der Waals surface area contributed by atoms with Crippen LogP contribution >= 0.6 is 0 Å². The number of nitrogens with two attached hydrogens (primary N) is 1. The number of anilines is 2. The number of nitrogen functional groups attached to an aromatic ring is 1. The molecule has 2 aromatic rings. The van der Waals surface area contributed by atoms with Crippen LogP contribution in [-0.2, 0) is 0 Å². The van der Waals surface area contributed by atoms with Gasteiger partial charge in [0.25, 0.3) is 11.8 Å². The topological polar surface area (TPSA) is 68.2 Å². The number of hydrogen-bond acceptors (Lipinski definition) is 5. The van der Waals surface area contributed by atoms with Gasteiger partial charge in [0, 0.05) is 24.8 Å². The van der Waals surface area contributed by atoms with E-state index < -0.39 is 0 Å². The predicted molar refractivity (Wildman–Crippen MR) is 67.8 cm³/mol. The summed E-state index contributed by atoms with van der Waals surface area (Å²) >= 11 is 0. The van der Waals surface area contributed by atoms with Gasteiger partial charge in [-0.15, -0.1) is 0 Å². The van der Waals surface area contributed by atoms with Gasteiger partial charge < -0.3 is 15.2 Å². The molecule has 1 heterocycles. The maximum Gasteiger partial charge on any atom is 0.266 e. The molecule has 0 fully saturated rings. The lowest BCUT2D eigenvalue weighted by Gasteiger charge is -2.08. The van der Waals surface area contributed by atoms with Gasteiger partial charge >= 0.3 is 0 Å². The highest BCUT2D eigenvalue weighted by Gasteiger charge is 2.13. The van der Waals surface area contributed by atoms with Crippen LogP contribution in [0.2, 0.25) is 0 Å². The van der Waals surface area contributed by atoms with Crippen molar-refractivity contribution >= 4 is 11.6 Å². The summed E-state index contributed by atoms with van der Waals surface area (Å²) in [5, 5.41) is 3.93. The molecule has 0 aliphatic heterocycles. The molecule has 1 aromatic carbocycles. The Kier molecular flexibility index (Phi) is 2.99. The molecule has 0 amide bonds. The molecule has 1 aromatic heterocycles. The van der Waals surface area contributed by atoms with Crippen molar-refractivity contribution in [3.05, 3.63) is 23.8 Å². The molecular formula is C12H16N4O. The lowest BCUT2D eigenvalue weighted by molar-refractivity contribution is 0.430. The molecule has 0 aliphatic rings. The van der Waals surface area contributed by atoms with Gasteiger partial charge in [0.1, 0.15) is 0 Å². The van der Waals surface area contributed by atoms with Crippen molar-refractivity contribution in [3.63, 3.8) is 0 Å². The maximum absolute atomic E-state index is 5.85. The van der Waals surface area contributed by atoms with E-state index in [0.717, 1.165) is 23.4 Å². The van der Waals surface area contributed by atoms with Crippen molar-refractivity contribution in [2.75, 3.05) is 24.2 Å². The van der Waals surface area contributed by atoms with Crippen molar-refractivity contribution in [2.24, 2.45) is 0 Å². The first-order valence-corrected chi connectivity index (χ1v) is 5.53. The summed E-state index contributed by atoms with van der Waals surface area (Å²) in [5.41, 5.74) is 8.42. The van der Waals surface area contributed by atoms with E-state index in [9.17, 15) is 0 Å². The Hall–Kier alpha value is -2.04. The third-order valence-corrected chi connectivity index (χ3v) is 2.84. The van der Waals surface area contributed by atoms with E-state index in [0.29, 0.717) is 11.8 Å². The van der Waals surface area contributed by atoms with Crippen LogP contribution in [0.1, 0.15) is 12.5 Å². The fourth-order valence-electron chi connectivity index (χ4n) is 1.51. The van der Waals surface area contributed by atoms with Crippen molar-refractivity contribution in [2.45, 2.75) is 13.8 Å². The predicted octanol–water partition coefficient (Wildman–Crippen LogP) is 2.08. The highest BCUT2D eigenvalue weighted by atomic mass is 16.5. The Bertz CT molecular complexity index is 521. The minimum Gasteiger partial charge on any atom is -0.398 e. The van der Waals surface area contributed by atoms with Gasteiger partial charge in [-0.25, -0.2) is 0 Å². The van der Waals surface area contributed by atoms with Gasteiger partial charge in [0.2, 0.25) is 0 Å². The second-order valence-corrected chi connectivity index (χ2v) is 3.93. The Morgan fingerprint density at radius 3 is 2.88 bits per heavy atom. The molecule has 2 rings (SSSR count). The number of rotatable bonds is 3. The zero-order chi connectivity index (χ0) is 12.4. The van der Waals surface area contributed by atoms with Gasteiger partial charge in [-0.2, -0.15) is 4.98 Å². The molecule has 2 N–H and O–H groups in total. The molecule has 5 heteroatoms. The summed E-state index contributed by atoms with van der Waals surface area (Å²) in [6.45, 7) is 4.80. The average molecular weight is 232 g/mol. The molecule has 0 saturated heterocycles. The molecule has 0 saturated carbocycles. The van der Waals surface area contributed by atoms with Gasteiger partial charge in [0.05, 0.1) is 0 Å². The van der Waals surface area contributed by atoms with E-state index in [-0.39, 0.29) is 0 Å². The molecule has 90 valence electrons. The SMILES string of the molecule is CCN(C)c1noc(-c2cccc(N)c2C)n1. The van der Waals surface area contributed by atoms with E-state index in [4.69, 9.17) is 10.3 Å². The highest BCUT2D eigenvalue weighted by Crippen LogP contribution is 2.26. The van der Waals surface area contributed by atoms with Crippen LogP contribution in [0.5, 0.6) is 0 Å². The quantitative estimate of drug-likeness (QED) is 0.820. The summed E-state index contributed by atoms with van der Waals surface area (Å²) in [6.07, 6.45) is 0. The van der Waals surface area contributed by atoms with Crippen LogP contribution in [0.3, 0.4) is 0 Å². The van der Waals surface area contributed by atoms with E-state index in [1.807, 2.05) is 44.0 Å². The monoisotopic (exact) mass is 232 g/mol. The summed E-state index contributed by atoms with van der Waals surface area (Å²) in [4.78, 5) is 6.26. The third-order valence-electron chi connectivity index (χ3n) is 2.84. The fourth-order valence-corrected chi connectivity index (χ4v) is 1.51. The Balaban J connectivity index is 2.40. The molecular weight excluding hydrogens is 216 g/mol. The lowest BCUT2D eigenvalue weighted by atomic mass is 10.1. The van der Waals surface area contributed by atoms with Gasteiger partial charge in [-0.1, -0.05) is 6.07 Å². The van der Waals surface area contributed by atoms with Crippen molar-refractivity contribution < 1.29 is 4.52 Å². The third kappa shape index (κ3) is 2.08. The van der Waals surface area contributed by atoms with Crippen molar-refractivity contribution in [1.29, 1.82) is 0 Å². The lowest BCUT2D eigenvalue weighted by Crippen LogP contribution is -2.16. The van der Waals surface area contributed by atoms with Crippen LogP contribution in [-0.4, -0.2) is 23.7 Å². The fraction of sp³-hybridized carbons (Fsp3) is 0.333. The van der Waals surface area contributed by atoms with Crippen LogP contribution in [0.4, 0.5) is 11.6 Å². The van der Waals surface area contributed by atoms with Crippen LogP contribution in [0, 0.1) is 6.92 Å². The number of benzene rings is 1. The summed E-state index contributed by atoms with van der Waals surface area (Å²) in [5.74, 6) is 1.09. The van der Waals surface area contributed by atoms with Gasteiger partial charge in [0.15, 0.2) is 0 Å². The molecule has 17 heavy (non-hydrogen) atoms. The zero-order valence-electron chi connectivity index (χ0n) is 10.3. The molecule has 0 aliphatic carbocycles. The standard InChI is InChI=1S/C12H16N4O/c1-4-16(3)12-14-11(17-15-12)9-6-5-7-10(13)8(9)2/h5-7H,4,13H2,1-3H3. The normalized spacial score (nSPS) is 10.5. The Morgan fingerprint density at radius 2 is 2.18 bits per heavy atom. The molecule has 0 unspecified atom stereocenters. The smallest absolute Gasteiger partial charge is 0.266 e. The Labute approximate surface area is 100 Å². The zero-order valence-corrected chi connectivity index (χ0v) is 10.3. The molecule has 0 radical (unpaired) electrons. The second-order valence-electron chi connectivity index (χ2n) is 3.93. The number of nitrogens with zero attached hydrogens (tertiary/aromatic N) is 3. The van der Waals surface area contributed by atoms with Crippen molar-refractivity contribution in [1.82, 2.24) is 10.1 Å². The van der Waals surface area contributed by atoms with Crippen LogP contribution < -0.4 is 10.6 Å². The summed E-state index contributed by atoms with van der Waals surface area (Å²) in [7, 11) is 1.92. The minimum absolute atomic E-state index is 0.505. The largest absolute Gasteiger partial charge is 0.398 e. The molecule has 5 nitrogen and oxygen atoms in total. The van der Waals surface area contributed by atoms with Crippen LogP contribution in [0.15, 0.2) is 22.7 Å². The highest BCUT2D eigenvalue weighted by molar-refractivity contribution is 5.67. The number of hydrogen-bond donors (Lipinski definition) is 1. The minimum atomic E-state index is 0.505. The van der Waals surface area contributed by atoms with E-state index in [1.54, 1.807) is 0 Å². The van der Waals surface area contributed by atoms with Gasteiger partial charge in [-0.3, -0.25) is 0 Å². The van der Waals surface area contributed by atoms with Crippen LogP contribution in [0.25, 0.3) is 11.5 Å². The van der Waals surface area contributed by atoms with E-state index in [2.05, 4.69) is 10.1 Å². The van der Waals surface area contributed by atoms with E-state index in [1.165, 1.54) is 0 Å².